The van der Waals surface area contributed by atoms with Crippen LogP contribution in [0.2, 0.25) is 0 Å². The number of hydrogen-bond acceptors (Lipinski definition) is 4. The van der Waals surface area contributed by atoms with Gasteiger partial charge in [-0.05, 0) is 55.0 Å². The molecule has 1 unspecified atom stereocenters. The van der Waals surface area contributed by atoms with Gasteiger partial charge in [-0.1, -0.05) is 22.9 Å². The van der Waals surface area contributed by atoms with Crippen molar-refractivity contribution in [2.24, 2.45) is 5.92 Å². The van der Waals surface area contributed by atoms with Gasteiger partial charge < -0.3 is 5.32 Å². The lowest BCUT2D eigenvalue weighted by Crippen LogP contribution is -2.09. The molecule has 1 aliphatic rings. The SMILES string of the molecule is CC1CCc2c(sc3ncnc(Nc4ccc(Br)cc4)c23)C1. The summed E-state index contributed by atoms with van der Waals surface area (Å²) in [5.41, 5.74) is 2.51. The fourth-order valence-corrected chi connectivity index (χ4v) is 4.65. The lowest BCUT2D eigenvalue weighted by molar-refractivity contribution is 0.509. The second-order valence-corrected chi connectivity index (χ2v) is 7.89. The molecule has 0 saturated carbocycles. The highest BCUT2D eigenvalue weighted by atomic mass is 79.9. The van der Waals surface area contributed by atoms with Crippen molar-refractivity contribution in [3.05, 3.63) is 45.5 Å². The Morgan fingerprint density at radius 2 is 2.05 bits per heavy atom. The quantitative estimate of drug-likeness (QED) is 0.660. The molecule has 1 aromatic carbocycles. The Hall–Kier alpha value is -1.46. The van der Waals surface area contributed by atoms with Gasteiger partial charge in [-0.3, -0.25) is 0 Å². The van der Waals surface area contributed by atoms with Crippen molar-refractivity contribution in [2.75, 3.05) is 5.32 Å². The first kappa shape index (κ1) is 14.2. The van der Waals surface area contributed by atoms with Gasteiger partial charge in [0.05, 0.1) is 5.39 Å². The molecule has 0 aliphatic heterocycles. The van der Waals surface area contributed by atoms with Gasteiger partial charge in [0.25, 0.3) is 0 Å². The molecule has 2 aromatic heterocycles. The number of nitrogens with one attached hydrogen (secondary N) is 1. The Kier molecular flexibility index (Phi) is 3.62. The summed E-state index contributed by atoms with van der Waals surface area (Å²) in [6.07, 6.45) is 5.23. The van der Waals surface area contributed by atoms with Gasteiger partial charge in [0.15, 0.2) is 0 Å². The summed E-state index contributed by atoms with van der Waals surface area (Å²) in [5.74, 6) is 1.70. The maximum absolute atomic E-state index is 4.50. The van der Waals surface area contributed by atoms with Crippen LogP contribution in [0.15, 0.2) is 35.1 Å². The first-order valence-electron chi connectivity index (χ1n) is 7.48. The highest BCUT2D eigenvalue weighted by Gasteiger charge is 2.23. The Morgan fingerprint density at radius 3 is 2.86 bits per heavy atom. The molecule has 3 aromatic rings. The topological polar surface area (TPSA) is 37.8 Å². The zero-order valence-corrected chi connectivity index (χ0v) is 14.7. The zero-order valence-electron chi connectivity index (χ0n) is 12.3. The zero-order chi connectivity index (χ0) is 15.1. The molecule has 0 spiro atoms. The Bertz CT molecular complexity index is 826. The molecule has 0 saturated heterocycles. The molecule has 0 fully saturated rings. The number of aryl methyl sites for hydroxylation is 1. The van der Waals surface area contributed by atoms with Crippen LogP contribution in [0.25, 0.3) is 10.2 Å². The van der Waals surface area contributed by atoms with E-state index in [0.717, 1.165) is 33.1 Å². The van der Waals surface area contributed by atoms with Crippen molar-refractivity contribution in [3.63, 3.8) is 0 Å². The third-order valence-electron chi connectivity index (χ3n) is 4.20. The van der Waals surface area contributed by atoms with Gasteiger partial charge in [-0.15, -0.1) is 11.3 Å². The van der Waals surface area contributed by atoms with Crippen LogP contribution in [-0.4, -0.2) is 9.97 Å². The van der Waals surface area contributed by atoms with E-state index >= 15 is 0 Å². The van der Waals surface area contributed by atoms with Crippen LogP contribution < -0.4 is 5.32 Å². The standard InChI is InChI=1S/C17H16BrN3S/c1-10-2-7-13-14(8-10)22-17-15(13)16(19-9-20-17)21-12-5-3-11(18)4-6-12/h3-6,9-10H,2,7-8H2,1H3,(H,19,20,21). The summed E-state index contributed by atoms with van der Waals surface area (Å²) < 4.78 is 1.08. The third kappa shape index (κ3) is 2.52. The normalized spacial score (nSPS) is 17.5. The van der Waals surface area contributed by atoms with Crippen molar-refractivity contribution in [1.29, 1.82) is 0 Å². The molecule has 5 heteroatoms. The molecule has 0 bridgehead atoms. The predicted octanol–water partition coefficient (Wildman–Crippen LogP) is 5.32. The lowest BCUT2D eigenvalue weighted by Gasteiger charge is -2.18. The van der Waals surface area contributed by atoms with Gasteiger partial charge in [0.1, 0.15) is 17.0 Å². The van der Waals surface area contributed by atoms with Crippen molar-refractivity contribution in [1.82, 2.24) is 9.97 Å². The molecule has 1 atom stereocenters. The van der Waals surface area contributed by atoms with Crippen LogP contribution in [0.4, 0.5) is 11.5 Å². The van der Waals surface area contributed by atoms with Gasteiger partial charge in [-0.2, -0.15) is 0 Å². The predicted molar refractivity (Wildman–Crippen MR) is 96.0 cm³/mol. The van der Waals surface area contributed by atoms with E-state index in [2.05, 4.69) is 50.3 Å². The maximum Gasteiger partial charge on any atom is 0.142 e. The number of hydrogen-bond donors (Lipinski definition) is 1. The number of aromatic nitrogens is 2. The van der Waals surface area contributed by atoms with Crippen LogP contribution in [0.3, 0.4) is 0 Å². The van der Waals surface area contributed by atoms with E-state index in [1.807, 2.05) is 23.5 Å². The van der Waals surface area contributed by atoms with E-state index in [1.165, 1.54) is 28.7 Å². The summed E-state index contributed by atoms with van der Waals surface area (Å²) in [6, 6.07) is 8.18. The minimum absolute atomic E-state index is 0.774. The van der Waals surface area contributed by atoms with E-state index in [9.17, 15) is 0 Å². The van der Waals surface area contributed by atoms with Crippen molar-refractivity contribution in [2.45, 2.75) is 26.2 Å². The summed E-state index contributed by atoms with van der Waals surface area (Å²) in [6.45, 7) is 2.33. The average molecular weight is 374 g/mol. The number of nitrogens with zero attached hydrogens (tertiary/aromatic N) is 2. The summed E-state index contributed by atoms with van der Waals surface area (Å²) in [7, 11) is 0. The fourth-order valence-electron chi connectivity index (χ4n) is 3.04. The Labute approximate surface area is 141 Å². The fraction of sp³-hybridized carbons (Fsp3) is 0.294. The van der Waals surface area contributed by atoms with Crippen LogP contribution >= 0.6 is 27.3 Å². The number of thiophene rings is 1. The molecule has 3 nitrogen and oxygen atoms in total. The molecule has 4 rings (SSSR count). The first-order valence-corrected chi connectivity index (χ1v) is 9.09. The molecular weight excluding hydrogens is 358 g/mol. The Morgan fingerprint density at radius 1 is 1.23 bits per heavy atom. The summed E-state index contributed by atoms with van der Waals surface area (Å²) in [5, 5.41) is 4.68. The minimum atomic E-state index is 0.774. The highest BCUT2D eigenvalue weighted by molar-refractivity contribution is 9.10. The maximum atomic E-state index is 4.50. The van der Waals surface area contributed by atoms with E-state index in [1.54, 1.807) is 6.33 Å². The number of benzene rings is 1. The van der Waals surface area contributed by atoms with Gasteiger partial charge in [0.2, 0.25) is 0 Å². The molecule has 1 aliphatic carbocycles. The summed E-state index contributed by atoms with van der Waals surface area (Å²) >= 11 is 5.30. The van der Waals surface area contributed by atoms with Crippen LogP contribution in [0.1, 0.15) is 23.8 Å². The van der Waals surface area contributed by atoms with E-state index in [0.29, 0.717) is 0 Å². The van der Waals surface area contributed by atoms with Crippen LogP contribution in [0, 0.1) is 5.92 Å². The molecule has 1 N–H and O–H groups in total. The third-order valence-corrected chi connectivity index (χ3v) is 5.89. The monoisotopic (exact) mass is 373 g/mol. The van der Waals surface area contributed by atoms with Gasteiger partial charge >= 0.3 is 0 Å². The largest absolute Gasteiger partial charge is 0.340 e. The molecule has 2 heterocycles. The van der Waals surface area contributed by atoms with Crippen molar-refractivity contribution in [3.8, 4) is 0 Å². The number of fused-ring (bicyclic) bond motifs is 3. The Balaban J connectivity index is 1.79. The summed E-state index contributed by atoms with van der Waals surface area (Å²) in [4.78, 5) is 11.6. The number of halogens is 1. The van der Waals surface area contributed by atoms with Gasteiger partial charge in [-0.25, -0.2) is 9.97 Å². The molecule has 22 heavy (non-hydrogen) atoms. The second kappa shape index (κ2) is 5.63. The molecule has 112 valence electrons. The minimum Gasteiger partial charge on any atom is -0.340 e. The van der Waals surface area contributed by atoms with Crippen LogP contribution in [-0.2, 0) is 12.8 Å². The van der Waals surface area contributed by atoms with Gasteiger partial charge in [0, 0.05) is 15.0 Å². The number of rotatable bonds is 2. The molecule has 0 radical (unpaired) electrons. The second-order valence-electron chi connectivity index (χ2n) is 5.89. The smallest absolute Gasteiger partial charge is 0.142 e. The van der Waals surface area contributed by atoms with E-state index < -0.39 is 0 Å². The highest BCUT2D eigenvalue weighted by Crippen LogP contribution is 2.40. The van der Waals surface area contributed by atoms with E-state index in [4.69, 9.17) is 0 Å². The first-order chi connectivity index (χ1) is 10.7. The average Bonchev–Trinajstić information content (AvgIpc) is 2.88. The lowest BCUT2D eigenvalue weighted by atomic mass is 9.89. The van der Waals surface area contributed by atoms with Crippen molar-refractivity contribution >= 4 is 49.0 Å². The van der Waals surface area contributed by atoms with Crippen molar-refractivity contribution < 1.29 is 0 Å². The molecule has 0 amide bonds. The van der Waals surface area contributed by atoms with Crippen LogP contribution in [0.5, 0.6) is 0 Å². The van der Waals surface area contributed by atoms with E-state index in [-0.39, 0.29) is 0 Å². The molecular formula is C17H16BrN3S. The number of anilines is 2.